The lowest BCUT2D eigenvalue weighted by atomic mass is 9.73. The van der Waals surface area contributed by atoms with Crippen LogP contribution >= 0.6 is 24.0 Å². The molecule has 0 bridgehead atoms. The minimum atomic E-state index is -3.68. The maximum Gasteiger partial charge on any atom is 0.238 e. The zero-order valence-electron chi connectivity index (χ0n) is 16.0. The van der Waals surface area contributed by atoms with Crippen LogP contribution in [-0.2, 0) is 16.6 Å². The molecule has 0 amide bonds. The van der Waals surface area contributed by atoms with Crippen molar-refractivity contribution >= 4 is 40.0 Å². The van der Waals surface area contributed by atoms with E-state index in [-0.39, 0.29) is 28.9 Å². The second-order valence-electron chi connectivity index (χ2n) is 7.59. The first-order valence-corrected chi connectivity index (χ1v) is 11.1. The Balaban J connectivity index is 0.00000261. The van der Waals surface area contributed by atoms with E-state index < -0.39 is 10.0 Å². The second-order valence-corrected chi connectivity index (χ2v) is 9.16. The van der Waals surface area contributed by atoms with Crippen molar-refractivity contribution in [1.29, 1.82) is 0 Å². The summed E-state index contributed by atoms with van der Waals surface area (Å²) in [6.07, 6.45) is 7.98. The van der Waals surface area contributed by atoms with Gasteiger partial charge in [0.25, 0.3) is 0 Å². The number of aliphatic imine (C=N–C) groups is 1. The number of nitrogens with two attached hydrogens (primary N) is 1. The summed E-state index contributed by atoms with van der Waals surface area (Å²) in [5.41, 5.74) is 1.32. The number of guanidine groups is 1. The van der Waals surface area contributed by atoms with E-state index in [1.807, 2.05) is 6.07 Å². The van der Waals surface area contributed by atoms with Crippen LogP contribution in [0.15, 0.2) is 34.2 Å². The fraction of sp³-hybridized carbons (Fsp3) is 0.632. The van der Waals surface area contributed by atoms with Gasteiger partial charge in [-0.1, -0.05) is 31.4 Å². The van der Waals surface area contributed by atoms with Crippen LogP contribution in [0, 0.1) is 5.41 Å². The number of nitrogens with zero attached hydrogens (tertiary/aromatic N) is 2. The Morgan fingerprint density at radius 2 is 2.00 bits per heavy atom. The van der Waals surface area contributed by atoms with Gasteiger partial charge in [0.1, 0.15) is 0 Å². The highest BCUT2D eigenvalue weighted by Gasteiger charge is 2.39. The average molecular weight is 506 g/mol. The molecule has 27 heavy (non-hydrogen) atoms. The van der Waals surface area contributed by atoms with E-state index in [0.29, 0.717) is 12.0 Å². The van der Waals surface area contributed by atoms with E-state index in [1.165, 1.54) is 44.6 Å². The molecule has 0 aromatic heterocycles. The molecule has 0 unspecified atom stereocenters. The molecule has 8 heteroatoms. The molecule has 1 aromatic rings. The number of hydrogen-bond acceptors (Lipinski definition) is 3. The van der Waals surface area contributed by atoms with Crippen LogP contribution in [0.3, 0.4) is 0 Å². The van der Waals surface area contributed by atoms with Crippen molar-refractivity contribution < 1.29 is 8.42 Å². The van der Waals surface area contributed by atoms with Gasteiger partial charge in [0.05, 0.1) is 11.4 Å². The van der Waals surface area contributed by atoms with E-state index in [2.05, 4.69) is 17.1 Å². The largest absolute Gasteiger partial charge is 0.357 e. The van der Waals surface area contributed by atoms with E-state index in [0.717, 1.165) is 31.2 Å². The van der Waals surface area contributed by atoms with Gasteiger partial charge in [-0.25, -0.2) is 18.5 Å². The Morgan fingerprint density at radius 3 is 2.67 bits per heavy atom. The Labute approximate surface area is 180 Å². The number of primary sulfonamides is 1. The molecule has 0 atom stereocenters. The van der Waals surface area contributed by atoms with Crippen LogP contribution in [0.5, 0.6) is 0 Å². The number of nitrogens with one attached hydrogen (secondary N) is 1. The molecular formula is C19H31IN4O2S. The lowest BCUT2D eigenvalue weighted by Gasteiger charge is -2.33. The lowest BCUT2D eigenvalue weighted by Crippen LogP contribution is -2.41. The molecule has 1 saturated heterocycles. The van der Waals surface area contributed by atoms with Gasteiger partial charge in [-0.05, 0) is 49.3 Å². The minimum Gasteiger partial charge on any atom is -0.357 e. The van der Waals surface area contributed by atoms with Crippen molar-refractivity contribution in [3.63, 3.8) is 0 Å². The zero-order valence-corrected chi connectivity index (χ0v) is 19.1. The number of likely N-dealkylation sites (tertiary alicyclic amines) is 1. The summed E-state index contributed by atoms with van der Waals surface area (Å²) in [5, 5.41) is 8.62. The first-order valence-electron chi connectivity index (χ1n) is 9.57. The quantitative estimate of drug-likeness (QED) is 0.373. The molecule has 152 valence electrons. The monoisotopic (exact) mass is 506 g/mol. The van der Waals surface area contributed by atoms with Crippen LogP contribution in [0.4, 0.5) is 0 Å². The summed E-state index contributed by atoms with van der Waals surface area (Å²) in [4.78, 5) is 7.27. The van der Waals surface area contributed by atoms with Crippen LogP contribution in [0.25, 0.3) is 0 Å². The summed E-state index contributed by atoms with van der Waals surface area (Å²) in [6.45, 7) is 5.46. The summed E-state index contributed by atoms with van der Waals surface area (Å²) < 4.78 is 23.1. The Hall–Kier alpha value is -0.870. The third-order valence-corrected chi connectivity index (χ3v) is 6.54. The fourth-order valence-corrected chi connectivity index (χ4v) is 4.82. The Morgan fingerprint density at radius 1 is 1.26 bits per heavy atom. The molecule has 1 aliphatic carbocycles. The third kappa shape index (κ3) is 5.80. The van der Waals surface area contributed by atoms with Gasteiger partial charge < -0.3 is 10.2 Å². The predicted octanol–water partition coefficient (Wildman–Crippen LogP) is 3.07. The highest BCUT2D eigenvalue weighted by atomic mass is 127. The number of benzene rings is 1. The first kappa shape index (κ1) is 22.4. The maximum atomic E-state index is 11.5. The maximum absolute atomic E-state index is 11.5. The van der Waals surface area contributed by atoms with Gasteiger partial charge >= 0.3 is 0 Å². The molecule has 0 radical (unpaired) electrons. The van der Waals surface area contributed by atoms with Gasteiger partial charge in [0.15, 0.2) is 5.96 Å². The van der Waals surface area contributed by atoms with Crippen molar-refractivity contribution in [2.24, 2.45) is 15.5 Å². The highest BCUT2D eigenvalue weighted by molar-refractivity contribution is 14.0. The SMILES string of the molecule is CCNC(=NCc1cccc(S(N)(=O)=O)c1)N1CCC2(CCCCC2)C1.I. The van der Waals surface area contributed by atoms with Gasteiger partial charge in [0, 0.05) is 19.6 Å². The topological polar surface area (TPSA) is 87.8 Å². The molecule has 1 aliphatic heterocycles. The third-order valence-electron chi connectivity index (χ3n) is 5.63. The van der Waals surface area contributed by atoms with Gasteiger partial charge in [0.2, 0.25) is 10.0 Å². The molecule has 2 fully saturated rings. The van der Waals surface area contributed by atoms with Crippen molar-refractivity contribution in [3.8, 4) is 0 Å². The van der Waals surface area contributed by atoms with Gasteiger partial charge in [-0.2, -0.15) is 0 Å². The molecule has 1 aromatic carbocycles. The summed E-state index contributed by atoms with van der Waals surface area (Å²) in [5.74, 6) is 0.927. The number of hydrogen-bond donors (Lipinski definition) is 2. The lowest BCUT2D eigenvalue weighted by molar-refractivity contribution is 0.203. The van der Waals surface area contributed by atoms with Crippen molar-refractivity contribution in [2.45, 2.75) is 56.9 Å². The zero-order chi connectivity index (χ0) is 18.6. The van der Waals surface area contributed by atoms with Gasteiger partial charge in [-0.3, -0.25) is 0 Å². The molecule has 3 rings (SSSR count). The summed E-state index contributed by atoms with van der Waals surface area (Å²) in [7, 11) is -3.68. The Kier molecular flexibility index (Phi) is 7.94. The fourth-order valence-electron chi connectivity index (χ4n) is 4.24. The molecular weight excluding hydrogens is 475 g/mol. The number of halogens is 1. The van der Waals surface area contributed by atoms with Crippen molar-refractivity contribution in [1.82, 2.24) is 10.2 Å². The van der Waals surface area contributed by atoms with Crippen LogP contribution in [0.2, 0.25) is 0 Å². The average Bonchev–Trinajstić information content (AvgIpc) is 3.02. The van der Waals surface area contributed by atoms with E-state index >= 15 is 0 Å². The minimum absolute atomic E-state index is 0. The summed E-state index contributed by atoms with van der Waals surface area (Å²) >= 11 is 0. The van der Waals surface area contributed by atoms with Crippen LogP contribution in [0.1, 0.15) is 51.0 Å². The smallest absolute Gasteiger partial charge is 0.238 e. The molecule has 1 spiro atoms. The molecule has 1 heterocycles. The van der Waals surface area contributed by atoms with Crippen LogP contribution in [-0.4, -0.2) is 38.9 Å². The molecule has 6 nitrogen and oxygen atoms in total. The predicted molar refractivity (Wildman–Crippen MR) is 120 cm³/mol. The highest BCUT2D eigenvalue weighted by Crippen LogP contribution is 2.43. The van der Waals surface area contributed by atoms with E-state index in [9.17, 15) is 8.42 Å². The Bertz CT molecular complexity index is 761. The standard InChI is InChI=1S/C19H30N4O2S.HI/c1-2-21-18(23-12-11-19(15-23)9-4-3-5-10-19)22-14-16-7-6-8-17(13-16)26(20,24)25;/h6-8,13H,2-5,9-12,14-15H2,1H3,(H,21,22)(H2,20,24,25);1H. The van der Waals surface area contributed by atoms with Crippen molar-refractivity contribution in [2.75, 3.05) is 19.6 Å². The van der Waals surface area contributed by atoms with Crippen molar-refractivity contribution in [3.05, 3.63) is 29.8 Å². The van der Waals surface area contributed by atoms with Gasteiger partial charge in [-0.15, -0.1) is 24.0 Å². The number of rotatable bonds is 4. The van der Waals surface area contributed by atoms with E-state index in [4.69, 9.17) is 10.1 Å². The first-order chi connectivity index (χ1) is 12.4. The molecule has 2 aliphatic rings. The second kappa shape index (κ2) is 9.56. The van der Waals surface area contributed by atoms with Crippen LogP contribution < -0.4 is 10.5 Å². The number of sulfonamides is 1. The normalized spacial score (nSPS) is 19.8. The summed E-state index contributed by atoms with van der Waals surface area (Å²) in [6, 6.07) is 6.72. The van der Waals surface area contributed by atoms with E-state index in [1.54, 1.807) is 12.1 Å². The molecule has 3 N–H and O–H groups in total. The molecule has 1 saturated carbocycles.